The maximum Gasteiger partial charge on any atom is 0.257 e. The number of halogens is 1. The lowest BCUT2D eigenvalue weighted by Crippen LogP contribution is -2.47. The molecule has 0 spiro atoms. The molecule has 3 amide bonds. The normalized spacial score (nSPS) is 15.8. The molecule has 6 rings (SSSR count). The summed E-state index contributed by atoms with van der Waals surface area (Å²) in [6.45, 7) is 3.95. The molecule has 1 aliphatic heterocycles. The molecule has 1 aliphatic rings. The Bertz CT molecular complexity index is 1790. The van der Waals surface area contributed by atoms with Crippen molar-refractivity contribution in [2.75, 3.05) is 4.90 Å². The molecular formula is C34H28ClN3O3S. The van der Waals surface area contributed by atoms with Gasteiger partial charge in [-0.3, -0.25) is 14.4 Å². The van der Waals surface area contributed by atoms with Gasteiger partial charge >= 0.3 is 0 Å². The molecule has 1 fully saturated rings. The highest BCUT2D eigenvalue weighted by Crippen LogP contribution is 2.35. The van der Waals surface area contributed by atoms with Gasteiger partial charge in [0.25, 0.3) is 5.91 Å². The van der Waals surface area contributed by atoms with Crippen molar-refractivity contribution in [2.24, 2.45) is 0 Å². The van der Waals surface area contributed by atoms with E-state index >= 15 is 0 Å². The third-order valence-electron chi connectivity index (χ3n) is 7.63. The second-order valence-electron chi connectivity index (χ2n) is 10.5. The molecule has 210 valence electrons. The Kier molecular flexibility index (Phi) is 7.62. The zero-order valence-corrected chi connectivity index (χ0v) is 24.7. The molecule has 0 N–H and O–H groups in total. The van der Waals surface area contributed by atoms with Gasteiger partial charge in [0.05, 0.1) is 34.8 Å². The molecule has 2 atom stereocenters. The van der Waals surface area contributed by atoms with Crippen LogP contribution >= 0.6 is 22.9 Å². The second kappa shape index (κ2) is 11.5. The summed E-state index contributed by atoms with van der Waals surface area (Å²) in [5.74, 6) is -0.976. The Morgan fingerprint density at radius 2 is 1.71 bits per heavy atom. The number of fused-ring (bicyclic) bond motifs is 1. The van der Waals surface area contributed by atoms with Crippen LogP contribution in [0.5, 0.6) is 0 Å². The number of hydrogen-bond acceptors (Lipinski definition) is 5. The van der Waals surface area contributed by atoms with Crippen LogP contribution in [0, 0.1) is 6.92 Å². The van der Waals surface area contributed by atoms with E-state index in [1.54, 1.807) is 52.6 Å². The Morgan fingerprint density at radius 3 is 2.43 bits per heavy atom. The van der Waals surface area contributed by atoms with Crippen LogP contribution in [-0.4, -0.2) is 33.6 Å². The van der Waals surface area contributed by atoms with Crippen LogP contribution < -0.4 is 4.90 Å². The van der Waals surface area contributed by atoms with Gasteiger partial charge in [-0.05, 0) is 79.1 Å². The SMILES string of the molecule is Cc1ccc2nc(-c3ccc(N4C(=O)CC(N(C(=O)Cc5ccc(Cl)cc5)C(C)c5ccccc5)C4=O)cc3)sc2c1. The minimum Gasteiger partial charge on any atom is -0.323 e. The first kappa shape index (κ1) is 27.8. The highest BCUT2D eigenvalue weighted by Gasteiger charge is 2.46. The zero-order valence-electron chi connectivity index (χ0n) is 23.2. The van der Waals surface area contributed by atoms with Gasteiger partial charge in [-0.2, -0.15) is 0 Å². The predicted molar refractivity (Wildman–Crippen MR) is 168 cm³/mol. The average molecular weight is 594 g/mol. The minimum atomic E-state index is -0.917. The first-order valence-electron chi connectivity index (χ1n) is 13.7. The fourth-order valence-corrected chi connectivity index (χ4v) is 6.63. The standard InChI is InChI=1S/C34H28ClN3O3S/c1-21-8-17-28-30(18-21)42-33(36-28)25-11-15-27(16-12-25)38-32(40)20-29(34(38)41)37(22(2)24-6-4-3-5-7-24)31(39)19-23-9-13-26(35)14-10-23/h3-18,22,29H,19-20H2,1-2H3. The molecule has 1 saturated heterocycles. The van der Waals surface area contributed by atoms with Crippen LogP contribution in [0.3, 0.4) is 0 Å². The fourth-order valence-electron chi connectivity index (χ4n) is 5.43. The van der Waals surface area contributed by atoms with Crippen LogP contribution in [0.2, 0.25) is 5.02 Å². The number of benzene rings is 4. The Labute approximate surface area is 253 Å². The van der Waals surface area contributed by atoms with Crippen molar-refractivity contribution in [1.82, 2.24) is 9.88 Å². The molecule has 0 bridgehead atoms. The quantitative estimate of drug-likeness (QED) is 0.184. The summed E-state index contributed by atoms with van der Waals surface area (Å²) in [7, 11) is 0. The Hall–Kier alpha value is -4.33. The molecule has 6 nitrogen and oxygen atoms in total. The number of carbonyl (C=O) groups excluding carboxylic acids is 3. The molecular weight excluding hydrogens is 566 g/mol. The number of imide groups is 1. The predicted octanol–water partition coefficient (Wildman–Crippen LogP) is 7.39. The largest absolute Gasteiger partial charge is 0.323 e. The van der Waals surface area contributed by atoms with Crippen LogP contribution in [0.1, 0.15) is 36.1 Å². The maximum absolute atomic E-state index is 13.9. The van der Waals surface area contributed by atoms with Crippen LogP contribution in [-0.2, 0) is 20.8 Å². The summed E-state index contributed by atoms with van der Waals surface area (Å²) in [5.41, 5.74) is 5.17. The van der Waals surface area contributed by atoms with Gasteiger partial charge < -0.3 is 4.90 Å². The number of aryl methyl sites for hydroxylation is 1. The zero-order chi connectivity index (χ0) is 29.4. The average Bonchev–Trinajstić information content (AvgIpc) is 3.54. The number of anilines is 1. The van der Waals surface area contributed by atoms with E-state index in [0.717, 1.165) is 31.9 Å². The van der Waals surface area contributed by atoms with Crippen LogP contribution in [0.15, 0.2) is 97.1 Å². The molecule has 1 aromatic heterocycles. The van der Waals surface area contributed by atoms with Crippen molar-refractivity contribution in [3.8, 4) is 10.6 Å². The van der Waals surface area contributed by atoms with E-state index in [1.807, 2.05) is 61.5 Å². The first-order valence-corrected chi connectivity index (χ1v) is 14.9. The van der Waals surface area contributed by atoms with Gasteiger partial charge in [0, 0.05) is 10.6 Å². The second-order valence-corrected chi connectivity index (χ2v) is 12.0. The summed E-state index contributed by atoms with van der Waals surface area (Å²) < 4.78 is 1.11. The summed E-state index contributed by atoms with van der Waals surface area (Å²) in [6.07, 6.45) is 0.00401. The number of hydrogen-bond donors (Lipinski definition) is 0. The van der Waals surface area contributed by atoms with Crippen molar-refractivity contribution >= 4 is 56.6 Å². The number of aromatic nitrogens is 1. The van der Waals surface area contributed by atoms with Crippen molar-refractivity contribution in [3.05, 3.63) is 119 Å². The van der Waals surface area contributed by atoms with Crippen LogP contribution in [0.25, 0.3) is 20.8 Å². The molecule has 42 heavy (non-hydrogen) atoms. The third kappa shape index (κ3) is 5.45. The summed E-state index contributed by atoms with van der Waals surface area (Å²) in [4.78, 5) is 48.5. The van der Waals surface area contributed by atoms with E-state index in [0.29, 0.717) is 10.7 Å². The van der Waals surface area contributed by atoms with Crippen molar-refractivity contribution in [3.63, 3.8) is 0 Å². The van der Waals surface area contributed by atoms with Gasteiger partial charge in [0.15, 0.2) is 0 Å². The number of nitrogens with zero attached hydrogens (tertiary/aromatic N) is 3. The summed E-state index contributed by atoms with van der Waals surface area (Å²) >= 11 is 7.64. The molecule has 2 heterocycles. The third-order valence-corrected chi connectivity index (χ3v) is 8.95. The highest BCUT2D eigenvalue weighted by molar-refractivity contribution is 7.21. The molecule has 8 heteroatoms. The Morgan fingerprint density at radius 1 is 1.00 bits per heavy atom. The molecule has 0 radical (unpaired) electrons. The topological polar surface area (TPSA) is 70.6 Å². The van der Waals surface area contributed by atoms with Crippen molar-refractivity contribution in [2.45, 2.75) is 38.8 Å². The minimum absolute atomic E-state index is 0.0820. The van der Waals surface area contributed by atoms with E-state index in [9.17, 15) is 14.4 Å². The van der Waals surface area contributed by atoms with Gasteiger partial charge in [-0.15, -0.1) is 11.3 Å². The smallest absolute Gasteiger partial charge is 0.257 e. The number of rotatable bonds is 7. The number of thiazole rings is 1. The lowest BCUT2D eigenvalue weighted by molar-refractivity contribution is -0.140. The van der Waals surface area contributed by atoms with E-state index < -0.39 is 18.0 Å². The molecule has 0 saturated carbocycles. The summed E-state index contributed by atoms with van der Waals surface area (Å²) in [5, 5.41) is 1.45. The van der Waals surface area contributed by atoms with Gasteiger partial charge in [0.2, 0.25) is 11.8 Å². The molecule has 5 aromatic rings. The first-order chi connectivity index (χ1) is 20.3. The molecule has 2 unspecified atom stereocenters. The highest BCUT2D eigenvalue weighted by atomic mass is 35.5. The van der Waals surface area contributed by atoms with Gasteiger partial charge in [-0.25, -0.2) is 9.88 Å². The van der Waals surface area contributed by atoms with E-state index in [2.05, 4.69) is 13.0 Å². The lowest BCUT2D eigenvalue weighted by atomic mass is 10.0. The lowest BCUT2D eigenvalue weighted by Gasteiger charge is -2.34. The van der Waals surface area contributed by atoms with E-state index in [1.165, 1.54) is 10.5 Å². The fraction of sp³-hybridized carbons (Fsp3) is 0.176. The molecule has 0 aliphatic carbocycles. The summed E-state index contributed by atoms with van der Waals surface area (Å²) in [6, 6.07) is 28.7. The maximum atomic E-state index is 13.9. The van der Waals surface area contributed by atoms with E-state index in [4.69, 9.17) is 16.6 Å². The number of carbonyl (C=O) groups is 3. The van der Waals surface area contributed by atoms with Gasteiger partial charge in [0.1, 0.15) is 11.0 Å². The Balaban J connectivity index is 1.28. The molecule has 4 aromatic carbocycles. The number of amides is 3. The monoisotopic (exact) mass is 593 g/mol. The van der Waals surface area contributed by atoms with Gasteiger partial charge in [-0.1, -0.05) is 60.1 Å². The van der Waals surface area contributed by atoms with Crippen molar-refractivity contribution in [1.29, 1.82) is 0 Å². The van der Waals surface area contributed by atoms with Crippen molar-refractivity contribution < 1.29 is 14.4 Å². The van der Waals surface area contributed by atoms with Crippen LogP contribution in [0.4, 0.5) is 5.69 Å². The van der Waals surface area contributed by atoms with E-state index in [-0.39, 0.29) is 24.7 Å².